The summed E-state index contributed by atoms with van der Waals surface area (Å²) < 4.78 is 3.49. The van der Waals surface area contributed by atoms with Crippen molar-refractivity contribution in [3.05, 3.63) is 29.6 Å². The minimum absolute atomic E-state index is 0.459. The first-order chi connectivity index (χ1) is 8.11. The first-order valence-electron chi connectivity index (χ1n) is 5.66. The Bertz CT molecular complexity index is 502. The predicted molar refractivity (Wildman–Crippen MR) is 62.3 cm³/mol. The minimum atomic E-state index is -0.585. The second-order valence-corrected chi connectivity index (χ2v) is 4.06. The van der Waals surface area contributed by atoms with Crippen molar-refractivity contribution in [2.45, 2.75) is 32.9 Å². The average Bonchev–Trinajstić information content (AvgIpc) is 2.84. The molecule has 0 saturated carbocycles. The molecule has 1 unspecified atom stereocenters. The first kappa shape index (κ1) is 11.8. The third-order valence-corrected chi connectivity index (χ3v) is 2.78. The molecule has 2 rings (SSSR count). The number of hydrogen-bond acceptors (Lipinski definition) is 4. The molecule has 0 aliphatic carbocycles. The van der Waals surface area contributed by atoms with E-state index in [0.717, 1.165) is 23.6 Å². The molecule has 0 aliphatic heterocycles. The average molecular weight is 235 g/mol. The highest BCUT2D eigenvalue weighted by molar-refractivity contribution is 5.19. The van der Waals surface area contributed by atoms with Gasteiger partial charge in [0.15, 0.2) is 0 Å². The van der Waals surface area contributed by atoms with Crippen LogP contribution in [0.5, 0.6) is 0 Å². The minimum Gasteiger partial charge on any atom is -0.388 e. The first-order valence-corrected chi connectivity index (χ1v) is 5.66. The van der Waals surface area contributed by atoms with Crippen molar-refractivity contribution < 1.29 is 5.11 Å². The maximum Gasteiger partial charge on any atom is 0.138 e. The topological polar surface area (TPSA) is 68.8 Å². The summed E-state index contributed by atoms with van der Waals surface area (Å²) >= 11 is 0. The number of hydrogen-bond donors (Lipinski definition) is 1. The van der Waals surface area contributed by atoms with Gasteiger partial charge in [0.25, 0.3) is 0 Å². The van der Waals surface area contributed by atoms with Gasteiger partial charge in [-0.25, -0.2) is 4.98 Å². The molecule has 92 valence electrons. The molecule has 0 radical (unpaired) electrons. The lowest BCUT2D eigenvalue weighted by Gasteiger charge is -2.09. The second kappa shape index (κ2) is 4.67. The summed E-state index contributed by atoms with van der Waals surface area (Å²) in [7, 11) is 1.85. The normalized spacial score (nSPS) is 12.9. The van der Waals surface area contributed by atoms with Gasteiger partial charge in [-0.05, 0) is 13.8 Å². The lowest BCUT2D eigenvalue weighted by molar-refractivity contribution is 0.173. The summed E-state index contributed by atoms with van der Waals surface area (Å²) in [6, 6.07) is 0. The van der Waals surface area contributed by atoms with Crippen LogP contribution in [-0.2, 0) is 20.0 Å². The molecule has 2 aromatic rings. The van der Waals surface area contributed by atoms with Crippen LogP contribution in [0.25, 0.3) is 0 Å². The Balaban J connectivity index is 2.17. The Kier molecular flexibility index (Phi) is 3.23. The molecule has 0 aliphatic rings. The summed E-state index contributed by atoms with van der Waals surface area (Å²) in [5.41, 5.74) is 1.70. The SMILES string of the molecule is CCn1ncnc1CC(O)c1cn(C)nc1C. The van der Waals surface area contributed by atoms with Crippen LogP contribution < -0.4 is 0 Å². The molecular weight excluding hydrogens is 218 g/mol. The molecule has 1 N–H and O–H groups in total. The van der Waals surface area contributed by atoms with E-state index in [9.17, 15) is 5.11 Å². The van der Waals surface area contributed by atoms with E-state index in [0.29, 0.717) is 6.42 Å². The van der Waals surface area contributed by atoms with E-state index in [-0.39, 0.29) is 0 Å². The Hall–Kier alpha value is -1.69. The Labute approximate surface area is 99.9 Å². The van der Waals surface area contributed by atoms with Crippen molar-refractivity contribution >= 4 is 0 Å². The zero-order chi connectivity index (χ0) is 12.4. The third kappa shape index (κ3) is 2.36. The summed E-state index contributed by atoms with van der Waals surface area (Å²) in [6.45, 7) is 4.65. The zero-order valence-electron chi connectivity index (χ0n) is 10.3. The molecule has 6 heteroatoms. The van der Waals surface area contributed by atoms with Crippen LogP contribution in [0.1, 0.15) is 30.1 Å². The summed E-state index contributed by atoms with van der Waals surface area (Å²) in [5, 5.41) is 18.5. The highest BCUT2D eigenvalue weighted by atomic mass is 16.3. The lowest BCUT2D eigenvalue weighted by atomic mass is 10.1. The molecule has 0 aromatic carbocycles. The van der Waals surface area contributed by atoms with Gasteiger partial charge in [-0.3, -0.25) is 9.36 Å². The van der Waals surface area contributed by atoms with Gasteiger partial charge >= 0.3 is 0 Å². The van der Waals surface area contributed by atoms with E-state index in [1.165, 1.54) is 6.33 Å². The zero-order valence-corrected chi connectivity index (χ0v) is 10.3. The monoisotopic (exact) mass is 235 g/mol. The fourth-order valence-corrected chi connectivity index (χ4v) is 1.94. The van der Waals surface area contributed by atoms with Gasteiger partial charge in [0, 0.05) is 31.8 Å². The molecule has 1 atom stereocenters. The molecule has 0 amide bonds. The molecule has 17 heavy (non-hydrogen) atoms. The summed E-state index contributed by atoms with van der Waals surface area (Å²) in [6.07, 6.45) is 3.23. The van der Waals surface area contributed by atoms with Crippen molar-refractivity contribution in [3.8, 4) is 0 Å². The molecule has 0 saturated heterocycles. The van der Waals surface area contributed by atoms with Gasteiger partial charge < -0.3 is 5.11 Å². The number of aromatic nitrogens is 5. The van der Waals surface area contributed by atoms with Gasteiger partial charge in [0.2, 0.25) is 0 Å². The van der Waals surface area contributed by atoms with Crippen LogP contribution in [0.4, 0.5) is 0 Å². The van der Waals surface area contributed by atoms with Crippen LogP contribution in [0.2, 0.25) is 0 Å². The van der Waals surface area contributed by atoms with Crippen LogP contribution in [-0.4, -0.2) is 29.7 Å². The van der Waals surface area contributed by atoms with Crippen LogP contribution in [0, 0.1) is 6.92 Å². The molecule has 2 heterocycles. The fourth-order valence-electron chi connectivity index (χ4n) is 1.94. The highest BCUT2D eigenvalue weighted by Gasteiger charge is 2.16. The molecule has 0 bridgehead atoms. The van der Waals surface area contributed by atoms with Gasteiger partial charge in [0.05, 0.1) is 11.8 Å². The number of aliphatic hydroxyl groups is 1. The number of aryl methyl sites for hydroxylation is 3. The standard InChI is InChI=1S/C11H17N5O/c1-4-16-11(12-7-13-16)5-10(17)9-6-15(3)14-8(9)2/h6-7,10,17H,4-5H2,1-3H3. The van der Waals surface area contributed by atoms with E-state index in [2.05, 4.69) is 15.2 Å². The summed E-state index contributed by atoms with van der Waals surface area (Å²) in [5.74, 6) is 0.795. The molecule has 6 nitrogen and oxygen atoms in total. The van der Waals surface area contributed by atoms with Crippen molar-refractivity contribution in [3.63, 3.8) is 0 Å². The quantitative estimate of drug-likeness (QED) is 0.843. The van der Waals surface area contributed by atoms with Crippen molar-refractivity contribution in [1.29, 1.82) is 0 Å². The fraction of sp³-hybridized carbons (Fsp3) is 0.545. The van der Waals surface area contributed by atoms with Crippen molar-refractivity contribution in [1.82, 2.24) is 24.5 Å². The Morgan fingerprint density at radius 2 is 2.24 bits per heavy atom. The Morgan fingerprint density at radius 3 is 2.82 bits per heavy atom. The van der Waals surface area contributed by atoms with Gasteiger partial charge in [-0.15, -0.1) is 0 Å². The number of nitrogens with zero attached hydrogens (tertiary/aromatic N) is 5. The Morgan fingerprint density at radius 1 is 1.47 bits per heavy atom. The maximum atomic E-state index is 10.2. The largest absolute Gasteiger partial charge is 0.388 e. The predicted octanol–water partition coefficient (Wildman–Crippen LogP) is 0.616. The van der Waals surface area contributed by atoms with Crippen molar-refractivity contribution in [2.75, 3.05) is 0 Å². The lowest BCUT2D eigenvalue weighted by Crippen LogP contribution is -2.09. The number of aliphatic hydroxyl groups excluding tert-OH is 1. The third-order valence-electron chi connectivity index (χ3n) is 2.78. The number of rotatable bonds is 4. The van der Waals surface area contributed by atoms with E-state index in [4.69, 9.17) is 0 Å². The summed E-state index contributed by atoms with van der Waals surface area (Å²) in [4.78, 5) is 4.15. The smallest absolute Gasteiger partial charge is 0.138 e. The molecular formula is C11H17N5O. The molecule has 0 spiro atoms. The van der Waals surface area contributed by atoms with Crippen molar-refractivity contribution in [2.24, 2.45) is 7.05 Å². The van der Waals surface area contributed by atoms with Crippen LogP contribution in [0.15, 0.2) is 12.5 Å². The van der Waals surface area contributed by atoms with E-state index < -0.39 is 6.10 Å². The highest BCUT2D eigenvalue weighted by Crippen LogP contribution is 2.19. The molecule has 0 fully saturated rings. The molecule has 2 aromatic heterocycles. The van der Waals surface area contributed by atoms with Crippen LogP contribution in [0.3, 0.4) is 0 Å². The van der Waals surface area contributed by atoms with E-state index in [1.807, 2.05) is 27.1 Å². The van der Waals surface area contributed by atoms with Gasteiger partial charge in [-0.2, -0.15) is 10.2 Å². The van der Waals surface area contributed by atoms with E-state index >= 15 is 0 Å². The maximum absolute atomic E-state index is 10.2. The van der Waals surface area contributed by atoms with Crippen LogP contribution >= 0.6 is 0 Å². The van der Waals surface area contributed by atoms with Gasteiger partial charge in [-0.1, -0.05) is 0 Å². The van der Waals surface area contributed by atoms with Gasteiger partial charge in [0.1, 0.15) is 12.2 Å². The second-order valence-electron chi connectivity index (χ2n) is 4.06. The van der Waals surface area contributed by atoms with E-state index in [1.54, 1.807) is 9.36 Å².